The quantitative estimate of drug-likeness (QED) is 0.395. The lowest BCUT2D eigenvalue weighted by Crippen LogP contribution is -2.22. The normalized spacial score (nSPS) is 11.3. The number of hydrogen-bond acceptors (Lipinski definition) is 7. The first-order valence-corrected chi connectivity index (χ1v) is 12.5. The Labute approximate surface area is 230 Å². The Morgan fingerprint density at radius 3 is 2.38 bits per heavy atom. The van der Waals surface area contributed by atoms with E-state index in [9.17, 15) is 19.2 Å². The predicted octanol–water partition coefficient (Wildman–Crippen LogP) is 4.62. The highest BCUT2D eigenvalue weighted by molar-refractivity contribution is 5.59. The van der Waals surface area contributed by atoms with Crippen LogP contribution in [0.25, 0.3) is 16.9 Å². The van der Waals surface area contributed by atoms with E-state index >= 15 is 0 Å². The van der Waals surface area contributed by atoms with Gasteiger partial charge in [0.25, 0.3) is 11.1 Å². The van der Waals surface area contributed by atoms with Gasteiger partial charge < -0.3 is 9.88 Å². The highest BCUT2D eigenvalue weighted by Gasteiger charge is 2.12. The molecule has 0 aliphatic heterocycles. The molecule has 0 aliphatic carbocycles. The molecule has 0 bridgehead atoms. The maximum absolute atomic E-state index is 13.7. The number of aromatic nitrogens is 5. The van der Waals surface area contributed by atoms with Crippen molar-refractivity contribution in [3.8, 4) is 23.0 Å². The molecule has 0 aliphatic rings. The Balaban J connectivity index is 1.86. The van der Waals surface area contributed by atoms with Gasteiger partial charge in [0.1, 0.15) is 23.4 Å². The number of nitrogens with one attached hydrogen (secondary N) is 1. The Kier molecular flexibility index (Phi) is 8.15. The van der Waals surface area contributed by atoms with Crippen LogP contribution in [0.15, 0.2) is 76.7 Å². The molecule has 40 heavy (non-hydrogen) atoms. The largest absolute Gasteiger partial charge is 0.377 e. The molecule has 4 aromatic rings. The summed E-state index contributed by atoms with van der Waals surface area (Å²) in [5.74, 6) is 0.0808. The maximum atomic E-state index is 13.7. The van der Waals surface area contributed by atoms with Crippen molar-refractivity contribution >= 4 is 5.69 Å². The summed E-state index contributed by atoms with van der Waals surface area (Å²) in [6.07, 6.45) is 4.54. The minimum atomic E-state index is -0.491. The van der Waals surface area contributed by atoms with Gasteiger partial charge in [0, 0.05) is 30.3 Å². The first-order chi connectivity index (χ1) is 19.1. The molecule has 0 amide bonds. The van der Waals surface area contributed by atoms with Gasteiger partial charge in [-0.1, -0.05) is 23.8 Å². The van der Waals surface area contributed by atoms with Crippen molar-refractivity contribution in [3.05, 3.63) is 122 Å². The van der Waals surface area contributed by atoms with E-state index in [1.807, 2.05) is 32.0 Å². The number of benzene rings is 1. The van der Waals surface area contributed by atoms with E-state index in [0.29, 0.717) is 34.0 Å². The van der Waals surface area contributed by atoms with E-state index in [4.69, 9.17) is 0 Å². The SMILES string of the molecule is Cc1cc([C@@H](C)Nc2ccc(F)cc2C#N)ccc(-c2cnn(-c3cnc(C)nc3)c(=O)c2)n(C)c(=O)c(C)c1. The van der Waals surface area contributed by atoms with Gasteiger partial charge in [-0.15, -0.1) is 0 Å². The van der Waals surface area contributed by atoms with Gasteiger partial charge in [0.15, 0.2) is 0 Å². The minimum Gasteiger partial charge on any atom is -0.377 e. The van der Waals surface area contributed by atoms with Crippen molar-refractivity contribution in [1.82, 2.24) is 24.3 Å². The summed E-state index contributed by atoms with van der Waals surface area (Å²) in [5, 5.41) is 17.0. The molecule has 0 saturated carbocycles. The summed E-state index contributed by atoms with van der Waals surface area (Å²) in [4.78, 5) is 34.5. The fourth-order valence-electron chi connectivity index (χ4n) is 4.26. The van der Waals surface area contributed by atoms with Crippen LogP contribution in [0.3, 0.4) is 0 Å². The molecule has 3 heterocycles. The fraction of sp³-hybridized carbons (Fsp3) is 0.200. The van der Waals surface area contributed by atoms with Gasteiger partial charge >= 0.3 is 0 Å². The van der Waals surface area contributed by atoms with E-state index in [2.05, 4.69) is 20.4 Å². The van der Waals surface area contributed by atoms with Crippen molar-refractivity contribution < 1.29 is 4.39 Å². The summed E-state index contributed by atoms with van der Waals surface area (Å²) in [6.45, 7) is 7.28. The lowest BCUT2D eigenvalue weighted by molar-refractivity contribution is 0.627. The summed E-state index contributed by atoms with van der Waals surface area (Å²) < 4.78 is 16.3. The third-order valence-corrected chi connectivity index (χ3v) is 6.36. The van der Waals surface area contributed by atoms with Crippen LogP contribution < -0.4 is 16.4 Å². The second kappa shape index (κ2) is 11.7. The zero-order valence-corrected chi connectivity index (χ0v) is 22.8. The number of aryl methyl sites for hydroxylation is 3. The molecule has 0 fully saturated rings. The number of nitriles is 1. The molecule has 1 N–H and O–H groups in total. The van der Waals surface area contributed by atoms with Gasteiger partial charge in [0.2, 0.25) is 0 Å². The maximum Gasteiger partial charge on any atom is 0.272 e. The van der Waals surface area contributed by atoms with Crippen LogP contribution in [-0.4, -0.2) is 24.3 Å². The van der Waals surface area contributed by atoms with Gasteiger partial charge in [0.05, 0.1) is 35.5 Å². The van der Waals surface area contributed by atoms with Crippen molar-refractivity contribution in [2.24, 2.45) is 7.05 Å². The molecular formula is C30H28FN7O2. The Bertz CT molecular complexity index is 1800. The Hall–Kier alpha value is -5.17. The van der Waals surface area contributed by atoms with Crippen LogP contribution in [0.2, 0.25) is 0 Å². The highest BCUT2D eigenvalue weighted by atomic mass is 19.1. The molecule has 0 saturated heterocycles. The first-order valence-electron chi connectivity index (χ1n) is 12.5. The van der Waals surface area contributed by atoms with Crippen molar-refractivity contribution in [2.45, 2.75) is 33.7 Å². The molecule has 9 nitrogen and oxygen atoms in total. The Morgan fingerprint density at radius 1 is 0.975 bits per heavy atom. The predicted molar refractivity (Wildman–Crippen MR) is 151 cm³/mol. The van der Waals surface area contributed by atoms with Crippen LogP contribution in [0.4, 0.5) is 10.1 Å². The van der Waals surface area contributed by atoms with Gasteiger partial charge in [-0.25, -0.2) is 14.4 Å². The number of nitrogens with zero attached hydrogens (tertiary/aromatic N) is 6. The van der Waals surface area contributed by atoms with E-state index < -0.39 is 11.4 Å². The van der Waals surface area contributed by atoms with Crippen LogP contribution >= 0.6 is 0 Å². The zero-order valence-electron chi connectivity index (χ0n) is 22.8. The van der Waals surface area contributed by atoms with Crippen molar-refractivity contribution in [2.75, 3.05) is 5.32 Å². The highest BCUT2D eigenvalue weighted by Crippen LogP contribution is 2.24. The Morgan fingerprint density at radius 2 is 1.70 bits per heavy atom. The average Bonchev–Trinajstić information content (AvgIpc) is 2.93. The van der Waals surface area contributed by atoms with E-state index in [1.54, 1.807) is 33.0 Å². The molecular weight excluding hydrogens is 509 g/mol. The van der Waals surface area contributed by atoms with E-state index in [-0.39, 0.29) is 17.2 Å². The molecule has 4 rings (SSSR count). The molecule has 3 aromatic heterocycles. The number of halogens is 1. The topological polar surface area (TPSA) is 118 Å². The standard InChI is InChI=1S/C30H28FN7O2/c1-18-10-19(2)30(40)37(5)28(24-13-29(39)38(35-15-24)26-16-33-21(4)34-17-26)9-6-22(11-18)20(3)36-27-8-7-25(31)12-23(27)14-32/h6-13,15-17,20,36H,1-5H3/t20-/m1/s1. The van der Waals surface area contributed by atoms with Crippen LogP contribution in [0, 0.1) is 37.9 Å². The van der Waals surface area contributed by atoms with Crippen molar-refractivity contribution in [3.63, 3.8) is 0 Å². The third-order valence-electron chi connectivity index (χ3n) is 6.36. The van der Waals surface area contributed by atoms with E-state index in [1.165, 1.54) is 52.1 Å². The third kappa shape index (κ3) is 6.10. The smallest absolute Gasteiger partial charge is 0.272 e. The summed E-state index contributed by atoms with van der Waals surface area (Å²) >= 11 is 0. The first kappa shape index (κ1) is 27.9. The van der Waals surface area contributed by atoms with Gasteiger partial charge in [-0.05, 0) is 57.5 Å². The number of anilines is 1. The van der Waals surface area contributed by atoms with Gasteiger partial charge in [-0.3, -0.25) is 9.59 Å². The summed E-state index contributed by atoms with van der Waals surface area (Å²) in [6, 6.07) is 14.4. The van der Waals surface area contributed by atoms with Gasteiger partial charge in [-0.2, -0.15) is 15.0 Å². The second-order valence-corrected chi connectivity index (χ2v) is 9.45. The second-order valence-electron chi connectivity index (χ2n) is 9.45. The molecule has 1 atom stereocenters. The van der Waals surface area contributed by atoms with Crippen LogP contribution in [0.5, 0.6) is 0 Å². The van der Waals surface area contributed by atoms with E-state index in [0.717, 1.165) is 11.1 Å². The minimum absolute atomic E-state index is 0.191. The van der Waals surface area contributed by atoms with Crippen LogP contribution in [0.1, 0.15) is 41.0 Å². The molecule has 0 radical (unpaired) electrons. The molecule has 0 unspecified atom stereocenters. The van der Waals surface area contributed by atoms with Crippen LogP contribution in [-0.2, 0) is 7.05 Å². The molecule has 0 spiro atoms. The molecule has 202 valence electrons. The number of hydrogen-bond donors (Lipinski definition) is 1. The molecule has 10 heteroatoms. The zero-order chi connectivity index (χ0) is 29.0. The monoisotopic (exact) mass is 537 g/mol. The number of rotatable bonds is 5. The lowest BCUT2D eigenvalue weighted by Gasteiger charge is -2.17. The fourth-order valence-corrected chi connectivity index (χ4v) is 4.26. The average molecular weight is 538 g/mol. The summed E-state index contributed by atoms with van der Waals surface area (Å²) in [7, 11) is 1.64. The molecule has 1 aromatic carbocycles. The van der Waals surface area contributed by atoms with Crippen molar-refractivity contribution in [1.29, 1.82) is 5.26 Å². The lowest BCUT2D eigenvalue weighted by atomic mass is 10.1. The summed E-state index contributed by atoms with van der Waals surface area (Å²) in [5.41, 5.74) is 3.56.